The molecule has 7 heteroatoms. The third-order valence-electron chi connectivity index (χ3n) is 4.21. The van der Waals surface area contributed by atoms with Crippen molar-refractivity contribution in [1.29, 1.82) is 0 Å². The Labute approximate surface area is 165 Å². The van der Waals surface area contributed by atoms with Gasteiger partial charge < -0.3 is 20.3 Å². The fraction of sp³-hybridized carbons (Fsp3) is 0.941. The molecular weight excluding hydrogens is 417 g/mol. The molecule has 6 nitrogen and oxygen atoms in total. The van der Waals surface area contributed by atoms with Crippen LogP contribution in [-0.4, -0.2) is 87.9 Å². The zero-order chi connectivity index (χ0) is 16.9. The molecule has 2 N–H and O–H groups in total. The Morgan fingerprint density at radius 3 is 2.54 bits per heavy atom. The minimum absolute atomic E-state index is 0. The first-order valence-corrected chi connectivity index (χ1v) is 9.19. The summed E-state index contributed by atoms with van der Waals surface area (Å²) in [6, 6.07) is 0.460. The first-order chi connectivity index (χ1) is 11.2. The van der Waals surface area contributed by atoms with E-state index in [1.165, 1.54) is 19.4 Å². The summed E-state index contributed by atoms with van der Waals surface area (Å²) in [5.74, 6) is 0.927. The summed E-state index contributed by atoms with van der Waals surface area (Å²) in [6.45, 7) is 15.2. The summed E-state index contributed by atoms with van der Waals surface area (Å²) in [5, 5.41) is 6.78. The number of aliphatic imine (C=N–C) groups is 1. The molecule has 1 unspecified atom stereocenters. The molecule has 1 saturated heterocycles. The molecular formula is C17H38IN5O. The molecule has 0 radical (unpaired) electrons. The number of likely N-dealkylation sites (N-methyl/N-ethyl adjacent to an activating group) is 1. The molecule has 0 aliphatic carbocycles. The number of halogens is 1. The Morgan fingerprint density at radius 2 is 1.92 bits per heavy atom. The maximum Gasteiger partial charge on any atom is 0.191 e. The van der Waals surface area contributed by atoms with Gasteiger partial charge in [-0.3, -0.25) is 9.89 Å². The molecule has 0 bridgehead atoms. The monoisotopic (exact) mass is 455 g/mol. The van der Waals surface area contributed by atoms with E-state index in [1.807, 2.05) is 0 Å². The quantitative estimate of drug-likeness (QED) is 0.298. The van der Waals surface area contributed by atoms with E-state index in [0.29, 0.717) is 6.04 Å². The molecule has 1 aliphatic rings. The molecule has 0 aromatic carbocycles. The average molecular weight is 455 g/mol. The summed E-state index contributed by atoms with van der Waals surface area (Å²) in [5.41, 5.74) is 0. The number of rotatable bonds is 10. The zero-order valence-electron chi connectivity index (χ0n) is 16.0. The maximum absolute atomic E-state index is 5.41. The number of hydrogen-bond donors (Lipinski definition) is 2. The van der Waals surface area contributed by atoms with Crippen LogP contribution in [0.4, 0.5) is 0 Å². The first-order valence-electron chi connectivity index (χ1n) is 9.19. The van der Waals surface area contributed by atoms with Crippen molar-refractivity contribution in [3.05, 3.63) is 0 Å². The number of guanidine groups is 1. The van der Waals surface area contributed by atoms with Crippen LogP contribution in [0.15, 0.2) is 4.99 Å². The summed E-state index contributed by atoms with van der Waals surface area (Å²) in [6.07, 6.45) is 2.52. The van der Waals surface area contributed by atoms with Gasteiger partial charge in [0, 0.05) is 38.8 Å². The minimum Gasteiger partial charge on any atom is -0.379 e. The number of unbranched alkanes of at least 4 members (excludes halogenated alkanes) is 1. The molecule has 144 valence electrons. The molecule has 0 saturated carbocycles. The SMILES string of the molecule is CCCCN(C)CCNC(=NCC(C)N1CCOCC1)NCC.I. The average Bonchev–Trinajstić information content (AvgIpc) is 2.58. The van der Waals surface area contributed by atoms with Crippen LogP contribution in [0.3, 0.4) is 0 Å². The van der Waals surface area contributed by atoms with E-state index >= 15 is 0 Å². The molecule has 0 spiro atoms. The Hall–Kier alpha value is -0.120. The zero-order valence-corrected chi connectivity index (χ0v) is 18.3. The minimum atomic E-state index is 0. The van der Waals surface area contributed by atoms with Crippen LogP contribution >= 0.6 is 24.0 Å². The highest BCUT2D eigenvalue weighted by Crippen LogP contribution is 2.03. The fourth-order valence-electron chi connectivity index (χ4n) is 2.60. The second kappa shape index (κ2) is 15.2. The van der Waals surface area contributed by atoms with E-state index in [4.69, 9.17) is 9.73 Å². The normalized spacial score (nSPS) is 17.5. The van der Waals surface area contributed by atoms with Crippen molar-refractivity contribution < 1.29 is 4.74 Å². The van der Waals surface area contributed by atoms with Crippen LogP contribution in [0.5, 0.6) is 0 Å². The second-order valence-corrected chi connectivity index (χ2v) is 6.30. The third kappa shape index (κ3) is 10.7. The molecule has 1 heterocycles. The number of ether oxygens (including phenoxy) is 1. The van der Waals surface area contributed by atoms with E-state index in [0.717, 1.165) is 58.4 Å². The van der Waals surface area contributed by atoms with E-state index < -0.39 is 0 Å². The van der Waals surface area contributed by atoms with Crippen LogP contribution in [0.2, 0.25) is 0 Å². The molecule has 0 aromatic rings. The first kappa shape index (κ1) is 23.9. The van der Waals surface area contributed by atoms with Gasteiger partial charge >= 0.3 is 0 Å². The van der Waals surface area contributed by atoms with Crippen LogP contribution < -0.4 is 10.6 Å². The van der Waals surface area contributed by atoms with Crippen molar-refractivity contribution in [3.63, 3.8) is 0 Å². The predicted octanol–water partition coefficient (Wildman–Crippen LogP) is 1.61. The lowest BCUT2D eigenvalue weighted by Crippen LogP contribution is -2.45. The van der Waals surface area contributed by atoms with Crippen LogP contribution in [0.1, 0.15) is 33.6 Å². The molecule has 1 fully saturated rings. The topological polar surface area (TPSA) is 52.1 Å². The molecule has 1 aliphatic heterocycles. The van der Waals surface area contributed by atoms with Crippen molar-refractivity contribution in [2.75, 3.05) is 66.1 Å². The second-order valence-electron chi connectivity index (χ2n) is 6.30. The number of hydrogen-bond acceptors (Lipinski definition) is 4. The van der Waals surface area contributed by atoms with E-state index in [1.54, 1.807) is 0 Å². The summed E-state index contributed by atoms with van der Waals surface area (Å²) < 4.78 is 5.41. The van der Waals surface area contributed by atoms with Gasteiger partial charge in [0.25, 0.3) is 0 Å². The Balaban J connectivity index is 0.00000529. The fourth-order valence-corrected chi connectivity index (χ4v) is 2.60. The smallest absolute Gasteiger partial charge is 0.191 e. The van der Waals surface area contributed by atoms with Crippen LogP contribution in [0.25, 0.3) is 0 Å². The van der Waals surface area contributed by atoms with Crippen molar-refractivity contribution in [3.8, 4) is 0 Å². The molecule has 1 atom stereocenters. The summed E-state index contributed by atoms with van der Waals surface area (Å²) in [4.78, 5) is 9.57. The molecule has 0 aromatic heterocycles. The Kier molecular flexibility index (Phi) is 15.1. The third-order valence-corrected chi connectivity index (χ3v) is 4.21. The summed E-state index contributed by atoms with van der Waals surface area (Å²) >= 11 is 0. The number of morpholine rings is 1. The van der Waals surface area contributed by atoms with Crippen molar-refractivity contribution >= 4 is 29.9 Å². The highest BCUT2D eigenvalue weighted by molar-refractivity contribution is 14.0. The largest absolute Gasteiger partial charge is 0.379 e. The van der Waals surface area contributed by atoms with E-state index in [-0.39, 0.29) is 24.0 Å². The van der Waals surface area contributed by atoms with Gasteiger partial charge in [0.15, 0.2) is 5.96 Å². The van der Waals surface area contributed by atoms with Gasteiger partial charge in [0.2, 0.25) is 0 Å². The Morgan fingerprint density at radius 1 is 1.21 bits per heavy atom. The number of nitrogens with zero attached hydrogens (tertiary/aromatic N) is 3. The van der Waals surface area contributed by atoms with Gasteiger partial charge in [-0.25, -0.2) is 0 Å². The lowest BCUT2D eigenvalue weighted by molar-refractivity contribution is 0.0220. The molecule has 1 rings (SSSR count). The highest BCUT2D eigenvalue weighted by atomic mass is 127. The lowest BCUT2D eigenvalue weighted by Gasteiger charge is -2.31. The molecule has 24 heavy (non-hydrogen) atoms. The van der Waals surface area contributed by atoms with E-state index in [2.05, 4.69) is 48.3 Å². The van der Waals surface area contributed by atoms with E-state index in [9.17, 15) is 0 Å². The van der Waals surface area contributed by atoms with Gasteiger partial charge in [-0.1, -0.05) is 13.3 Å². The standard InChI is InChI=1S/C17H37N5O.HI/c1-5-7-9-21(4)10-8-19-17(18-6-2)20-15-16(3)22-11-13-23-14-12-22;/h16H,5-15H2,1-4H3,(H2,18,19,20);1H. The van der Waals surface area contributed by atoms with Crippen LogP contribution in [-0.2, 0) is 4.74 Å². The summed E-state index contributed by atoms with van der Waals surface area (Å²) in [7, 11) is 2.18. The van der Waals surface area contributed by atoms with Crippen molar-refractivity contribution in [1.82, 2.24) is 20.4 Å². The van der Waals surface area contributed by atoms with Gasteiger partial charge in [-0.2, -0.15) is 0 Å². The predicted molar refractivity (Wildman–Crippen MR) is 114 cm³/mol. The van der Waals surface area contributed by atoms with Crippen LogP contribution in [0, 0.1) is 0 Å². The van der Waals surface area contributed by atoms with Gasteiger partial charge in [-0.05, 0) is 33.9 Å². The highest BCUT2D eigenvalue weighted by Gasteiger charge is 2.16. The van der Waals surface area contributed by atoms with Crippen molar-refractivity contribution in [2.24, 2.45) is 4.99 Å². The van der Waals surface area contributed by atoms with Gasteiger partial charge in [0.05, 0.1) is 19.8 Å². The van der Waals surface area contributed by atoms with Crippen molar-refractivity contribution in [2.45, 2.75) is 39.7 Å². The molecule has 0 amide bonds. The Bertz CT molecular complexity index is 324. The van der Waals surface area contributed by atoms with Gasteiger partial charge in [-0.15, -0.1) is 24.0 Å². The van der Waals surface area contributed by atoms with Gasteiger partial charge in [0.1, 0.15) is 0 Å². The lowest BCUT2D eigenvalue weighted by atomic mass is 10.2. The maximum atomic E-state index is 5.41. The number of nitrogens with one attached hydrogen (secondary N) is 2.